The largest absolute Gasteiger partial charge is 0.447 e. The van der Waals surface area contributed by atoms with E-state index in [1.165, 1.54) is 5.56 Å². The first-order valence-corrected chi connectivity index (χ1v) is 18.2. The zero-order valence-corrected chi connectivity index (χ0v) is 30.1. The molecular formula is C41H56N2O8. The maximum Gasteiger partial charge on any atom is 0.407 e. The second kappa shape index (κ2) is 22.2. The molecule has 0 radical (unpaired) electrons. The van der Waals surface area contributed by atoms with Crippen LogP contribution in [-0.2, 0) is 49.4 Å². The van der Waals surface area contributed by atoms with E-state index in [1.54, 1.807) is 14.2 Å². The summed E-state index contributed by atoms with van der Waals surface area (Å²) in [5.74, 6) is -0.902. The van der Waals surface area contributed by atoms with E-state index in [9.17, 15) is 19.8 Å². The summed E-state index contributed by atoms with van der Waals surface area (Å²) in [6, 6.07) is 24.4. The summed E-state index contributed by atoms with van der Waals surface area (Å²) in [5, 5.41) is 28.6. The van der Waals surface area contributed by atoms with Crippen LogP contribution in [0.15, 0.2) is 78.9 Å². The van der Waals surface area contributed by atoms with Crippen LogP contribution < -0.4 is 10.6 Å². The number of rotatable bonds is 23. The SMILES string of the molecule is COCCCCCCc1ccc(CC(CC(O)C(Cc2ccccc2)NC(=O)OCCOCCOC)C(=O)N[C@H]2c3ccccc3C[C@@H]2O)cc1. The van der Waals surface area contributed by atoms with Gasteiger partial charge in [0.1, 0.15) is 6.61 Å². The highest BCUT2D eigenvalue weighted by Crippen LogP contribution is 2.32. The van der Waals surface area contributed by atoms with Crippen molar-refractivity contribution >= 4 is 12.0 Å². The van der Waals surface area contributed by atoms with Gasteiger partial charge in [-0.3, -0.25) is 4.79 Å². The van der Waals surface area contributed by atoms with Gasteiger partial charge in [-0.1, -0.05) is 91.7 Å². The number of hydrogen-bond donors (Lipinski definition) is 4. The summed E-state index contributed by atoms with van der Waals surface area (Å²) in [7, 11) is 3.32. The molecule has 3 aromatic carbocycles. The lowest BCUT2D eigenvalue weighted by molar-refractivity contribution is -0.127. The van der Waals surface area contributed by atoms with E-state index in [0.29, 0.717) is 32.5 Å². The molecule has 0 fully saturated rings. The minimum atomic E-state index is -1.08. The van der Waals surface area contributed by atoms with Gasteiger partial charge < -0.3 is 39.8 Å². The maximum atomic E-state index is 14.1. The molecule has 3 aromatic rings. The quantitative estimate of drug-likeness (QED) is 0.100. The van der Waals surface area contributed by atoms with Gasteiger partial charge in [-0.15, -0.1) is 0 Å². The van der Waals surface area contributed by atoms with Crippen LogP contribution >= 0.6 is 0 Å². The van der Waals surface area contributed by atoms with Crippen LogP contribution in [0.25, 0.3) is 0 Å². The van der Waals surface area contributed by atoms with E-state index in [2.05, 4.69) is 34.9 Å². The van der Waals surface area contributed by atoms with Crippen molar-refractivity contribution in [2.45, 2.75) is 82.1 Å². The molecule has 0 aromatic heterocycles. The molecular weight excluding hydrogens is 648 g/mol. The number of nitrogens with one attached hydrogen (secondary N) is 2. The number of amides is 2. The summed E-state index contributed by atoms with van der Waals surface area (Å²) >= 11 is 0. The summed E-state index contributed by atoms with van der Waals surface area (Å²) in [4.78, 5) is 27.0. The Bertz CT molecular complexity index is 1440. The fourth-order valence-electron chi connectivity index (χ4n) is 6.60. The highest BCUT2D eigenvalue weighted by atomic mass is 16.6. The van der Waals surface area contributed by atoms with Crippen molar-refractivity contribution in [3.63, 3.8) is 0 Å². The lowest BCUT2D eigenvalue weighted by Gasteiger charge is -2.28. The number of methoxy groups -OCH3 is 2. The number of hydrogen-bond acceptors (Lipinski definition) is 8. The molecule has 10 nitrogen and oxygen atoms in total. The Morgan fingerprint density at radius 2 is 1.43 bits per heavy atom. The van der Waals surface area contributed by atoms with Crippen molar-refractivity contribution in [3.05, 3.63) is 107 Å². The van der Waals surface area contributed by atoms with Gasteiger partial charge in [0.25, 0.3) is 0 Å². The third-order valence-corrected chi connectivity index (χ3v) is 9.43. The number of aliphatic hydroxyl groups is 2. The van der Waals surface area contributed by atoms with Crippen LogP contribution in [0.1, 0.15) is 66.0 Å². The molecule has 0 spiro atoms. The molecule has 0 heterocycles. The first-order chi connectivity index (χ1) is 24.9. The molecule has 4 N–H and O–H groups in total. The van der Waals surface area contributed by atoms with Crippen molar-refractivity contribution in [2.75, 3.05) is 47.3 Å². The topological polar surface area (TPSA) is 136 Å². The number of alkyl carbamates (subject to hydrolysis) is 1. The van der Waals surface area contributed by atoms with Crippen LogP contribution in [0.4, 0.5) is 4.79 Å². The highest BCUT2D eigenvalue weighted by Gasteiger charge is 2.35. The molecule has 2 amide bonds. The van der Waals surface area contributed by atoms with Crippen molar-refractivity contribution in [1.82, 2.24) is 10.6 Å². The normalized spacial score (nSPS) is 16.9. The number of benzene rings is 3. The Morgan fingerprint density at radius 3 is 2.20 bits per heavy atom. The lowest BCUT2D eigenvalue weighted by Crippen LogP contribution is -2.47. The number of fused-ring (bicyclic) bond motifs is 1. The molecule has 51 heavy (non-hydrogen) atoms. The molecule has 0 saturated carbocycles. The lowest BCUT2D eigenvalue weighted by atomic mass is 9.88. The molecule has 3 unspecified atom stereocenters. The van der Waals surface area contributed by atoms with Crippen molar-refractivity contribution in [3.8, 4) is 0 Å². The molecule has 1 aliphatic carbocycles. The minimum Gasteiger partial charge on any atom is -0.447 e. The standard InChI is InChI=1S/C41H56N2O8/c1-48-21-11-4-3-6-12-30-17-19-32(20-18-30)26-34(40(46)43-39-35-16-10-9-15-33(35)28-38(39)45)29-37(44)36(27-31-13-7-5-8-14-31)42-41(47)51-25-24-50-23-22-49-2/h5,7-10,13-20,34,36-39,44-45H,3-4,6,11-12,21-29H2,1-2H3,(H,42,47)(H,43,46)/t34?,36?,37?,38-,39-/m0/s1. The number of carbonyl (C=O) groups is 2. The van der Waals surface area contributed by atoms with Gasteiger partial charge in [0.15, 0.2) is 0 Å². The van der Waals surface area contributed by atoms with E-state index in [1.807, 2.05) is 54.6 Å². The zero-order chi connectivity index (χ0) is 36.3. The van der Waals surface area contributed by atoms with Crippen LogP contribution in [-0.4, -0.2) is 87.7 Å². The minimum absolute atomic E-state index is 0.0454. The second-order valence-corrected chi connectivity index (χ2v) is 13.3. The van der Waals surface area contributed by atoms with E-state index >= 15 is 0 Å². The molecule has 0 aliphatic heterocycles. The fraction of sp³-hybridized carbons (Fsp3) is 0.512. The first-order valence-electron chi connectivity index (χ1n) is 18.2. The molecule has 5 atom stereocenters. The molecule has 0 saturated heterocycles. The maximum absolute atomic E-state index is 14.1. The van der Waals surface area contributed by atoms with Gasteiger partial charge in [0.05, 0.1) is 44.1 Å². The number of ether oxygens (including phenoxy) is 4. The van der Waals surface area contributed by atoms with Crippen molar-refractivity contribution in [1.29, 1.82) is 0 Å². The third kappa shape index (κ3) is 13.7. The van der Waals surface area contributed by atoms with Crippen molar-refractivity contribution in [2.24, 2.45) is 5.92 Å². The third-order valence-electron chi connectivity index (χ3n) is 9.43. The Kier molecular flexibility index (Phi) is 17.4. The Hall–Kier alpha value is -3.80. The number of carbonyl (C=O) groups excluding carboxylic acids is 2. The monoisotopic (exact) mass is 704 g/mol. The Labute approximate surface area is 302 Å². The number of unbranched alkanes of at least 4 members (excludes halogenated alkanes) is 3. The molecule has 278 valence electrons. The van der Waals surface area contributed by atoms with Gasteiger partial charge in [-0.05, 0) is 66.3 Å². The summed E-state index contributed by atoms with van der Waals surface area (Å²) < 4.78 is 20.8. The summed E-state index contributed by atoms with van der Waals surface area (Å²) in [5.41, 5.74) is 5.05. The first kappa shape index (κ1) is 40.0. The van der Waals surface area contributed by atoms with E-state index in [-0.39, 0.29) is 25.5 Å². The van der Waals surface area contributed by atoms with Gasteiger partial charge in [-0.2, -0.15) is 0 Å². The average Bonchev–Trinajstić information content (AvgIpc) is 3.45. The Balaban J connectivity index is 1.46. The zero-order valence-electron chi connectivity index (χ0n) is 30.1. The van der Waals surface area contributed by atoms with Crippen molar-refractivity contribution < 1.29 is 38.7 Å². The average molecular weight is 705 g/mol. The molecule has 0 bridgehead atoms. The van der Waals surface area contributed by atoms with Crippen LogP contribution in [0.3, 0.4) is 0 Å². The molecule has 1 aliphatic rings. The van der Waals surface area contributed by atoms with Gasteiger partial charge in [0, 0.05) is 33.2 Å². The molecule has 10 heteroatoms. The van der Waals surface area contributed by atoms with E-state index in [4.69, 9.17) is 18.9 Å². The smallest absolute Gasteiger partial charge is 0.407 e. The highest BCUT2D eigenvalue weighted by molar-refractivity contribution is 5.80. The number of aliphatic hydroxyl groups excluding tert-OH is 2. The van der Waals surface area contributed by atoms with Gasteiger partial charge >= 0.3 is 6.09 Å². The van der Waals surface area contributed by atoms with E-state index in [0.717, 1.165) is 61.0 Å². The van der Waals surface area contributed by atoms with Gasteiger partial charge in [-0.25, -0.2) is 4.79 Å². The number of aryl methyl sites for hydroxylation is 1. The van der Waals surface area contributed by atoms with E-state index < -0.39 is 36.3 Å². The van der Waals surface area contributed by atoms with Gasteiger partial charge in [0.2, 0.25) is 5.91 Å². The predicted octanol–water partition coefficient (Wildman–Crippen LogP) is 5.12. The van der Waals surface area contributed by atoms with Crippen LogP contribution in [0.2, 0.25) is 0 Å². The summed E-state index contributed by atoms with van der Waals surface area (Å²) in [6.45, 7) is 1.89. The fourth-order valence-corrected chi connectivity index (χ4v) is 6.60. The van der Waals surface area contributed by atoms with Crippen LogP contribution in [0.5, 0.6) is 0 Å². The predicted molar refractivity (Wildman–Crippen MR) is 196 cm³/mol. The second-order valence-electron chi connectivity index (χ2n) is 13.3. The summed E-state index contributed by atoms with van der Waals surface area (Å²) in [6.07, 6.45) is 4.21. The Morgan fingerprint density at radius 1 is 0.765 bits per heavy atom. The van der Waals surface area contributed by atoms with Crippen LogP contribution in [0, 0.1) is 5.92 Å². The molecule has 4 rings (SSSR count).